The van der Waals surface area contributed by atoms with Gasteiger partial charge < -0.3 is 15.7 Å². The summed E-state index contributed by atoms with van der Waals surface area (Å²) in [6.07, 6.45) is 0.342. The number of aromatic hydroxyl groups is 1. The summed E-state index contributed by atoms with van der Waals surface area (Å²) < 4.78 is 13.1. The van der Waals surface area contributed by atoms with Gasteiger partial charge in [0.2, 0.25) is 5.91 Å². The Morgan fingerprint density at radius 1 is 1.14 bits per heavy atom. The topological polar surface area (TPSA) is 61.4 Å². The van der Waals surface area contributed by atoms with E-state index in [1.165, 1.54) is 12.1 Å². The second kappa shape index (κ2) is 6.74. The summed E-state index contributed by atoms with van der Waals surface area (Å²) in [6.45, 7) is 0.403. The van der Waals surface area contributed by atoms with E-state index in [9.17, 15) is 14.3 Å². The van der Waals surface area contributed by atoms with Gasteiger partial charge in [0, 0.05) is 25.3 Å². The zero-order chi connectivity index (χ0) is 15.2. The number of carbonyl (C=O) groups is 1. The highest BCUT2D eigenvalue weighted by molar-refractivity contribution is 5.78. The van der Waals surface area contributed by atoms with Crippen molar-refractivity contribution in [1.82, 2.24) is 5.32 Å². The number of halogens is 1. The standard InChI is InChI=1S/C16H17FN2O2/c1-18-16(21)8-11-2-4-14(5-3-11)19-10-12-6-13(17)9-15(20)7-12/h2-7,9,19-20H,8,10H2,1H3,(H,18,21). The quantitative estimate of drug-likeness (QED) is 0.792. The maximum Gasteiger partial charge on any atom is 0.224 e. The number of anilines is 1. The van der Waals surface area contributed by atoms with Gasteiger partial charge in [0.1, 0.15) is 11.6 Å². The first-order valence-corrected chi connectivity index (χ1v) is 6.58. The molecule has 0 radical (unpaired) electrons. The normalized spacial score (nSPS) is 10.2. The third-order valence-electron chi connectivity index (χ3n) is 3.04. The molecule has 3 N–H and O–H groups in total. The van der Waals surface area contributed by atoms with E-state index in [4.69, 9.17) is 0 Å². The molecule has 0 aliphatic rings. The maximum atomic E-state index is 13.1. The summed E-state index contributed by atoms with van der Waals surface area (Å²) >= 11 is 0. The third kappa shape index (κ3) is 4.49. The average Bonchev–Trinajstić information content (AvgIpc) is 2.45. The molecule has 0 fully saturated rings. The molecule has 2 aromatic carbocycles. The van der Waals surface area contributed by atoms with Gasteiger partial charge in [0.25, 0.3) is 0 Å². The van der Waals surface area contributed by atoms with Crippen LogP contribution >= 0.6 is 0 Å². The minimum absolute atomic E-state index is 0.0362. The molecular formula is C16H17FN2O2. The molecule has 5 heteroatoms. The van der Waals surface area contributed by atoms with Crippen LogP contribution in [0.3, 0.4) is 0 Å². The molecule has 110 valence electrons. The van der Waals surface area contributed by atoms with E-state index in [2.05, 4.69) is 10.6 Å². The first-order chi connectivity index (χ1) is 10.1. The number of rotatable bonds is 5. The highest BCUT2D eigenvalue weighted by Gasteiger charge is 2.02. The van der Waals surface area contributed by atoms with E-state index in [1.807, 2.05) is 24.3 Å². The molecule has 0 spiro atoms. The lowest BCUT2D eigenvalue weighted by atomic mass is 10.1. The van der Waals surface area contributed by atoms with E-state index in [0.717, 1.165) is 17.3 Å². The van der Waals surface area contributed by atoms with Gasteiger partial charge in [-0.1, -0.05) is 12.1 Å². The van der Waals surface area contributed by atoms with E-state index < -0.39 is 5.82 Å². The van der Waals surface area contributed by atoms with Gasteiger partial charge in [0.05, 0.1) is 6.42 Å². The Balaban J connectivity index is 1.95. The van der Waals surface area contributed by atoms with Gasteiger partial charge in [-0.25, -0.2) is 4.39 Å². The number of hydrogen-bond acceptors (Lipinski definition) is 3. The number of hydrogen-bond donors (Lipinski definition) is 3. The molecular weight excluding hydrogens is 271 g/mol. The van der Waals surface area contributed by atoms with Crippen LogP contribution in [0.5, 0.6) is 5.75 Å². The van der Waals surface area contributed by atoms with Crippen molar-refractivity contribution >= 4 is 11.6 Å². The molecule has 0 aliphatic heterocycles. The smallest absolute Gasteiger partial charge is 0.224 e. The molecule has 0 saturated heterocycles. The second-order valence-corrected chi connectivity index (χ2v) is 4.72. The van der Waals surface area contributed by atoms with Crippen LogP contribution < -0.4 is 10.6 Å². The van der Waals surface area contributed by atoms with Crippen molar-refractivity contribution in [3.05, 3.63) is 59.4 Å². The summed E-state index contributed by atoms with van der Waals surface area (Å²) in [4.78, 5) is 11.3. The van der Waals surface area contributed by atoms with Crippen molar-refractivity contribution in [2.45, 2.75) is 13.0 Å². The Morgan fingerprint density at radius 3 is 2.48 bits per heavy atom. The van der Waals surface area contributed by atoms with E-state index in [0.29, 0.717) is 18.5 Å². The number of benzene rings is 2. The third-order valence-corrected chi connectivity index (χ3v) is 3.04. The predicted octanol–water partition coefficient (Wildman–Crippen LogP) is 2.43. The molecule has 0 saturated carbocycles. The fourth-order valence-electron chi connectivity index (χ4n) is 1.95. The molecule has 0 heterocycles. The Kier molecular flexibility index (Phi) is 4.77. The summed E-state index contributed by atoms with van der Waals surface area (Å²) in [6, 6.07) is 11.4. The first kappa shape index (κ1) is 14.8. The van der Waals surface area contributed by atoms with Crippen LogP contribution in [-0.4, -0.2) is 18.1 Å². The van der Waals surface area contributed by atoms with Crippen LogP contribution in [0, 0.1) is 5.82 Å². The summed E-state index contributed by atoms with van der Waals surface area (Å²) in [5.41, 5.74) is 2.43. The molecule has 2 aromatic rings. The first-order valence-electron chi connectivity index (χ1n) is 6.58. The summed E-state index contributed by atoms with van der Waals surface area (Å²) in [5, 5.41) is 15.0. The average molecular weight is 288 g/mol. The van der Waals surface area contributed by atoms with E-state index in [-0.39, 0.29) is 11.7 Å². The number of carbonyl (C=O) groups excluding carboxylic acids is 1. The van der Waals surface area contributed by atoms with Gasteiger partial charge in [-0.15, -0.1) is 0 Å². The molecule has 0 atom stereocenters. The summed E-state index contributed by atoms with van der Waals surface area (Å²) in [7, 11) is 1.60. The molecule has 2 rings (SSSR count). The van der Waals surface area contributed by atoms with Crippen molar-refractivity contribution in [1.29, 1.82) is 0 Å². The fraction of sp³-hybridized carbons (Fsp3) is 0.188. The Bertz CT molecular complexity index is 606. The van der Waals surface area contributed by atoms with Crippen molar-refractivity contribution in [2.24, 2.45) is 0 Å². The number of amides is 1. The lowest BCUT2D eigenvalue weighted by Gasteiger charge is -2.08. The van der Waals surface area contributed by atoms with E-state index >= 15 is 0 Å². The lowest BCUT2D eigenvalue weighted by Crippen LogP contribution is -2.19. The zero-order valence-electron chi connectivity index (χ0n) is 11.7. The number of nitrogens with one attached hydrogen (secondary N) is 2. The van der Waals surface area contributed by atoms with Crippen LogP contribution in [0.25, 0.3) is 0 Å². The van der Waals surface area contributed by atoms with E-state index in [1.54, 1.807) is 7.05 Å². The minimum Gasteiger partial charge on any atom is -0.508 e. The molecule has 0 bridgehead atoms. The van der Waals surface area contributed by atoms with Crippen LogP contribution in [0.15, 0.2) is 42.5 Å². The Hall–Kier alpha value is -2.56. The van der Waals surface area contributed by atoms with Crippen LogP contribution in [0.2, 0.25) is 0 Å². The Labute approximate surface area is 122 Å². The highest BCUT2D eigenvalue weighted by atomic mass is 19.1. The summed E-state index contributed by atoms with van der Waals surface area (Å²) in [5.74, 6) is -0.591. The van der Waals surface area contributed by atoms with Crippen LogP contribution in [0.4, 0.5) is 10.1 Å². The molecule has 1 amide bonds. The maximum absolute atomic E-state index is 13.1. The lowest BCUT2D eigenvalue weighted by molar-refractivity contribution is -0.119. The van der Waals surface area contributed by atoms with Crippen LogP contribution in [0.1, 0.15) is 11.1 Å². The predicted molar refractivity (Wildman–Crippen MR) is 79.6 cm³/mol. The second-order valence-electron chi connectivity index (χ2n) is 4.72. The number of phenolic OH excluding ortho intramolecular Hbond substituents is 1. The fourth-order valence-corrected chi connectivity index (χ4v) is 1.95. The van der Waals surface area contributed by atoms with Crippen molar-refractivity contribution < 1.29 is 14.3 Å². The minimum atomic E-state index is -0.465. The number of likely N-dealkylation sites (N-methyl/N-ethyl adjacent to an activating group) is 1. The number of phenols is 1. The van der Waals surface area contributed by atoms with Gasteiger partial charge in [0.15, 0.2) is 0 Å². The van der Waals surface area contributed by atoms with Gasteiger partial charge >= 0.3 is 0 Å². The van der Waals surface area contributed by atoms with Crippen molar-refractivity contribution in [2.75, 3.05) is 12.4 Å². The van der Waals surface area contributed by atoms with Crippen molar-refractivity contribution in [3.8, 4) is 5.75 Å². The Morgan fingerprint density at radius 2 is 1.86 bits per heavy atom. The van der Waals surface area contributed by atoms with Gasteiger partial charge in [-0.05, 0) is 35.4 Å². The molecule has 21 heavy (non-hydrogen) atoms. The van der Waals surface area contributed by atoms with Crippen molar-refractivity contribution in [3.63, 3.8) is 0 Å². The molecule has 0 aliphatic carbocycles. The molecule has 0 unspecified atom stereocenters. The molecule has 0 aromatic heterocycles. The SMILES string of the molecule is CNC(=O)Cc1ccc(NCc2cc(O)cc(F)c2)cc1. The zero-order valence-corrected chi connectivity index (χ0v) is 11.7. The highest BCUT2D eigenvalue weighted by Crippen LogP contribution is 2.16. The van der Waals surface area contributed by atoms with Gasteiger partial charge in [-0.2, -0.15) is 0 Å². The largest absolute Gasteiger partial charge is 0.508 e. The molecule has 4 nitrogen and oxygen atoms in total. The van der Waals surface area contributed by atoms with Crippen LogP contribution in [-0.2, 0) is 17.8 Å². The monoisotopic (exact) mass is 288 g/mol. The van der Waals surface area contributed by atoms with Gasteiger partial charge in [-0.3, -0.25) is 4.79 Å².